The van der Waals surface area contributed by atoms with E-state index in [1.165, 1.54) is 5.01 Å². The Bertz CT molecular complexity index is 1170. The van der Waals surface area contributed by atoms with Crippen LogP contribution in [0.1, 0.15) is 29.6 Å². The fourth-order valence-electron chi connectivity index (χ4n) is 4.28. The van der Waals surface area contributed by atoms with Gasteiger partial charge < -0.3 is 9.47 Å². The van der Waals surface area contributed by atoms with E-state index < -0.39 is 0 Å². The van der Waals surface area contributed by atoms with Crippen LogP contribution in [0.3, 0.4) is 0 Å². The number of methoxy groups -OCH3 is 2. The van der Waals surface area contributed by atoms with Crippen LogP contribution >= 0.6 is 11.3 Å². The van der Waals surface area contributed by atoms with Crippen LogP contribution < -0.4 is 9.47 Å². The van der Waals surface area contributed by atoms with Gasteiger partial charge in [-0.15, -0.1) is 11.3 Å². The predicted molar refractivity (Wildman–Crippen MR) is 121 cm³/mol. The summed E-state index contributed by atoms with van der Waals surface area (Å²) >= 11 is 1.72. The molecule has 3 aromatic heterocycles. The minimum absolute atomic E-state index is 0.336. The molecule has 0 bridgehead atoms. The second-order valence-corrected chi connectivity index (χ2v) is 8.71. The summed E-state index contributed by atoms with van der Waals surface area (Å²) < 4.78 is 12.9. The SMILES string of the molecule is COc1cccc(-c2ccc3nc([C@H]4CCCN(Cc5nccs5)C4)nn3c2)c1OC. The van der Waals surface area contributed by atoms with Crippen LogP contribution in [0.5, 0.6) is 11.5 Å². The fourth-order valence-corrected chi connectivity index (χ4v) is 4.94. The van der Waals surface area contributed by atoms with E-state index in [0.29, 0.717) is 11.7 Å². The molecule has 8 heteroatoms. The zero-order chi connectivity index (χ0) is 21.2. The molecule has 160 valence electrons. The summed E-state index contributed by atoms with van der Waals surface area (Å²) in [6.07, 6.45) is 6.15. The van der Waals surface area contributed by atoms with Crippen molar-refractivity contribution in [2.75, 3.05) is 27.3 Å². The molecule has 1 atom stereocenters. The largest absolute Gasteiger partial charge is 0.493 e. The first kappa shape index (κ1) is 20.0. The number of likely N-dealkylation sites (tertiary alicyclic amines) is 1. The summed E-state index contributed by atoms with van der Waals surface area (Å²) in [7, 11) is 3.31. The Morgan fingerprint density at radius 3 is 2.90 bits per heavy atom. The first-order chi connectivity index (χ1) is 15.2. The number of hydrogen-bond acceptors (Lipinski definition) is 7. The number of pyridine rings is 1. The van der Waals surface area contributed by atoms with Crippen molar-refractivity contribution >= 4 is 17.0 Å². The summed E-state index contributed by atoms with van der Waals surface area (Å²) in [5.74, 6) is 2.68. The van der Waals surface area contributed by atoms with Gasteiger partial charge in [0.15, 0.2) is 23.0 Å². The van der Waals surface area contributed by atoms with E-state index in [4.69, 9.17) is 19.6 Å². The minimum Gasteiger partial charge on any atom is -0.493 e. The van der Waals surface area contributed by atoms with Gasteiger partial charge in [-0.3, -0.25) is 4.90 Å². The molecule has 0 saturated carbocycles. The van der Waals surface area contributed by atoms with E-state index in [2.05, 4.69) is 16.0 Å². The van der Waals surface area contributed by atoms with Crippen molar-refractivity contribution in [3.05, 3.63) is 58.9 Å². The summed E-state index contributed by atoms with van der Waals surface area (Å²) in [5, 5.41) is 8.05. The quantitative estimate of drug-likeness (QED) is 0.451. The van der Waals surface area contributed by atoms with Crippen LogP contribution in [0, 0.1) is 0 Å². The molecule has 1 saturated heterocycles. The lowest BCUT2D eigenvalue weighted by Crippen LogP contribution is -2.34. The van der Waals surface area contributed by atoms with Crippen molar-refractivity contribution in [3.8, 4) is 22.6 Å². The first-order valence-corrected chi connectivity index (χ1v) is 11.3. The number of rotatable bonds is 6. The molecular formula is C23H25N5O2S. The van der Waals surface area contributed by atoms with E-state index in [1.54, 1.807) is 25.6 Å². The molecule has 0 N–H and O–H groups in total. The minimum atomic E-state index is 0.336. The number of aromatic nitrogens is 4. The number of benzene rings is 1. The van der Waals surface area contributed by atoms with Gasteiger partial charge in [0.1, 0.15) is 5.01 Å². The Kier molecular flexibility index (Phi) is 5.57. The van der Waals surface area contributed by atoms with Gasteiger partial charge in [0.2, 0.25) is 0 Å². The smallest absolute Gasteiger partial charge is 0.168 e. The highest BCUT2D eigenvalue weighted by atomic mass is 32.1. The average molecular weight is 436 g/mol. The number of fused-ring (bicyclic) bond motifs is 1. The maximum Gasteiger partial charge on any atom is 0.168 e. The first-order valence-electron chi connectivity index (χ1n) is 10.4. The molecule has 4 heterocycles. The Balaban J connectivity index is 1.41. The highest BCUT2D eigenvalue weighted by Gasteiger charge is 2.25. The van der Waals surface area contributed by atoms with Gasteiger partial charge in [0.05, 0.1) is 20.8 Å². The van der Waals surface area contributed by atoms with Crippen LogP contribution in [0.4, 0.5) is 0 Å². The molecule has 0 spiro atoms. The third-order valence-electron chi connectivity index (χ3n) is 5.77. The molecule has 31 heavy (non-hydrogen) atoms. The van der Waals surface area contributed by atoms with Gasteiger partial charge in [-0.05, 0) is 37.6 Å². The number of ether oxygens (including phenoxy) is 2. The van der Waals surface area contributed by atoms with Crippen LogP contribution in [0.25, 0.3) is 16.8 Å². The highest BCUT2D eigenvalue weighted by Crippen LogP contribution is 2.37. The number of thiazole rings is 1. The second-order valence-electron chi connectivity index (χ2n) is 7.73. The van der Waals surface area contributed by atoms with Gasteiger partial charge in [-0.2, -0.15) is 5.10 Å². The lowest BCUT2D eigenvalue weighted by Gasteiger charge is -2.30. The van der Waals surface area contributed by atoms with Crippen molar-refractivity contribution in [2.24, 2.45) is 0 Å². The molecule has 5 rings (SSSR count). The van der Waals surface area contributed by atoms with E-state index in [0.717, 1.165) is 60.8 Å². The Labute approximate surface area is 185 Å². The molecule has 0 aliphatic carbocycles. The highest BCUT2D eigenvalue weighted by molar-refractivity contribution is 7.09. The molecule has 0 unspecified atom stereocenters. The van der Waals surface area contributed by atoms with Gasteiger partial charge in [-0.1, -0.05) is 12.1 Å². The summed E-state index contributed by atoms with van der Waals surface area (Å²) in [4.78, 5) is 11.7. The maximum atomic E-state index is 5.61. The molecule has 0 radical (unpaired) electrons. The molecule has 1 aliphatic rings. The Morgan fingerprint density at radius 1 is 1.16 bits per heavy atom. The molecule has 1 fully saturated rings. The van der Waals surface area contributed by atoms with Crippen molar-refractivity contribution in [1.29, 1.82) is 0 Å². The lowest BCUT2D eigenvalue weighted by molar-refractivity contribution is 0.196. The normalized spacial score (nSPS) is 17.2. The molecule has 4 aromatic rings. The van der Waals surface area contributed by atoms with Gasteiger partial charge in [-0.25, -0.2) is 14.5 Å². The number of hydrogen-bond donors (Lipinski definition) is 0. The Hall–Kier alpha value is -2.97. The standard InChI is InChI=1S/C23H25N5O2S/c1-29-19-7-3-6-18(22(19)30-2)16-8-9-20-25-23(26-28(20)14-16)17-5-4-11-27(13-17)15-21-24-10-12-31-21/h3,6-10,12,14,17H,4-5,11,13,15H2,1-2H3/t17-/m0/s1. The fraction of sp³-hybridized carbons (Fsp3) is 0.348. The molecule has 1 aliphatic heterocycles. The second kappa shape index (κ2) is 8.64. The van der Waals surface area contributed by atoms with E-state index >= 15 is 0 Å². The monoisotopic (exact) mass is 435 g/mol. The molecule has 7 nitrogen and oxygen atoms in total. The molecule has 1 aromatic carbocycles. The van der Waals surface area contributed by atoms with Crippen LogP contribution in [-0.2, 0) is 6.54 Å². The summed E-state index contributed by atoms with van der Waals surface area (Å²) in [5.41, 5.74) is 2.83. The third-order valence-corrected chi connectivity index (χ3v) is 6.54. The Morgan fingerprint density at radius 2 is 2.10 bits per heavy atom. The van der Waals surface area contributed by atoms with E-state index in [1.807, 2.05) is 46.6 Å². The van der Waals surface area contributed by atoms with Crippen LogP contribution in [-0.4, -0.2) is 51.8 Å². The number of piperidine rings is 1. The van der Waals surface area contributed by atoms with Crippen molar-refractivity contribution in [1.82, 2.24) is 24.5 Å². The molecular weight excluding hydrogens is 410 g/mol. The van der Waals surface area contributed by atoms with E-state index in [-0.39, 0.29) is 0 Å². The molecule has 0 amide bonds. The summed E-state index contributed by atoms with van der Waals surface area (Å²) in [6, 6.07) is 9.96. The van der Waals surface area contributed by atoms with Gasteiger partial charge >= 0.3 is 0 Å². The third kappa shape index (κ3) is 4.00. The van der Waals surface area contributed by atoms with Gasteiger partial charge in [0.25, 0.3) is 0 Å². The number of para-hydroxylation sites is 1. The number of nitrogens with zero attached hydrogens (tertiary/aromatic N) is 5. The van der Waals surface area contributed by atoms with Gasteiger partial charge in [0, 0.05) is 41.4 Å². The van der Waals surface area contributed by atoms with Crippen molar-refractivity contribution < 1.29 is 9.47 Å². The zero-order valence-corrected chi connectivity index (χ0v) is 18.5. The maximum absolute atomic E-state index is 5.61. The van der Waals surface area contributed by atoms with Crippen molar-refractivity contribution in [2.45, 2.75) is 25.3 Å². The zero-order valence-electron chi connectivity index (χ0n) is 17.7. The topological polar surface area (TPSA) is 64.8 Å². The lowest BCUT2D eigenvalue weighted by atomic mass is 9.97. The van der Waals surface area contributed by atoms with E-state index in [9.17, 15) is 0 Å². The predicted octanol–water partition coefficient (Wildman–Crippen LogP) is 4.25. The van der Waals surface area contributed by atoms with Crippen molar-refractivity contribution in [3.63, 3.8) is 0 Å². The average Bonchev–Trinajstić information content (AvgIpc) is 3.47. The summed E-state index contributed by atoms with van der Waals surface area (Å²) in [6.45, 7) is 2.97. The van der Waals surface area contributed by atoms with Crippen LogP contribution in [0.2, 0.25) is 0 Å². The van der Waals surface area contributed by atoms with Crippen LogP contribution in [0.15, 0.2) is 48.1 Å².